The topological polar surface area (TPSA) is 37.3 Å². The fraction of sp³-hybridized carbons (Fsp3) is 0.696. The lowest BCUT2D eigenvalue weighted by Gasteiger charge is -2.21. The van der Waals surface area contributed by atoms with Crippen molar-refractivity contribution in [1.29, 1.82) is 0 Å². The Morgan fingerprint density at radius 2 is 1.73 bits per heavy atom. The predicted octanol–water partition coefficient (Wildman–Crippen LogP) is 6.83. The Morgan fingerprint density at radius 3 is 2.35 bits per heavy atom. The standard InChI is InChI=1S/C23H38O2S/c1-4-6-13-20(5-2)14-11-8-12-17-26-22(19(3)23(24)25)18-21-15-9-7-10-16-21/h7,9-10,15-16,19-20,22H,4-6,8,11-14,17-18H2,1-3H3,(H,24,25). The Kier molecular flexibility index (Phi) is 12.6. The van der Waals surface area contributed by atoms with E-state index in [4.69, 9.17) is 0 Å². The molecule has 0 aliphatic rings. The lowest BCUT2D eigenvalue weighted by atomic mass is 9.93. The zero-order chi connectivity index (χ0) is 19.2. The van der Waals surface area contributed by atoms with Gasteiger partial charge >= 0.3 is 5.97 Å². The Hall–Kier alpha value is -0.960. The molecular formula is C23H38O2S. The molecule has 3 atom stereocenters. The van der Waals surface area contributed by atoms with E-state index in [0.29, 0.717) is 0 Å². The third-order valence-corrected chi connectivity index (χ3v) is 6.89. The van der Waals surface area contributed by atoms with Gasteiger partial charge in [0, 0.05) is 5.25 Å². The molecule has 0 aromatic heterocycles. The summed E-state index contributed by atoms with van der Waals surface area (Å²) in [6, 6.07) is 10.3. The molecule has 0 radical (unpaired) electrons. The van der Waals surface area contributed by atoms with Crippen LogP contribution in [0, 0.1) is 11.8 Å². The van der Waals surface area contributed by atoms with Gasteiger partial charge in [-0.15, -0.1) is 0 Å². The highest BCUT2D eigenvalue weighted by molar-refractivity contribution is 7.99. The number of aliphatic carboxylic acids is 1. The molecule has 3 heteroatoms. The van der Waals surface area contributed by atoms with Gasteiger partial charge in [-0.1, -0.05) is 96.0 Å². The Bertz CT molecular complexity index is 474. The van der Waals surface area contributed by atoms with Crippen LogP contribution in [-0.4, -0.2) is 22.1 Å². The average Bonchev–Trinajstić information content (AvgIpc) is 2.66. The molecule has 0 spiro atoms. The molecule has 1 rings (SSSR count). The first-order valence-corrected chi connectivity index (χ1v) is 11.5. The van der Waals surface area contributed by atoms with Gasteiger partial charge < -0.3 is 5.11 Å². The first-order chi connectivity index (χ1) is 12.6. The molecule has 0 aliphatic carbocycles. The number of benzene rings is 1. The van der Waals surface area contributed by atoms with E-state index in [2.05, 4.69) is 26.0 Å². The molecule has 148 valence electrons. The highest BCUT2D eigenvalue weighted by Gasteiger charge is 2.24. The number of carboxylic acid groups (broad SMARTS) is 1. The molecular weight excluding hydrogens is 340 g/mol. The van der Waals surface area contributed by atoms with E-state index in [-0.39, 0.29) is 11.2 Å². The molecule has 0 heterocycles. The summed E-state index contributed by atoms with van der Waals surface area (Å²) in [5, 5.41) is 9.57. The molecule has 3 unspecified atom stereocenters. The molecule has 1 aromatic rings. The average molecular weight is 379 g/mol. The highest BCUT2D eigenvalue weighted by atomic mass is 32.2. The van der Waals surface area contributed by atoms with Crippen molar-refractivity contribution >= 4 is 17.7 Å². The smallest absolute Gasteiger partial charge is 0.307 e. The second kappa shape index (κ2) is 14.1. The van der Waals surface area contributed by atoms with Crippen LogP contribution in [0.15, 0.2) is 30.3 Å². The van der Waals surface area contributed by atoms with E-state index < -0.39 is 5.97 Å². The largest absolute Gasteiger partial charge is 0.481 e. The fourth-order valence-corrected chi connectivity index (χ4v) is 4.77. The maximum Gasteiger partial charge on any atom is 0.307 e. The number of rotatable bonds is 15. The molecule has 0 bridgehead atoms. The Labute approximate surface area is 165 Å². The first-order valence-electron chi connectivity index (χ1n) is 10.5. The van der Waals surface area contributed by atoms with Crippen LogP contribution in [0.5, 0.6) is 0 Å². The third-order valence-electron chi connectivity index (χ3n) is 5.36. The van der Waals surface area contributed by atoms with Gasteiger partial charge in [0.1, 0.15) is 0 Å². The van der Waals surface area contributed by atoms with Crippen LogP contribution in [0.25, 0.3) is 0 Å². The Balaban J connectivity index is 2.32. The molecule has 0 saturated heterocycles. The van der Waals surface area contributed by atoms with Gasteiger partial charge in [-0.05, 0) is 30.1 Å². The quantitative estimate of drug-likeness (QED) is 0.340. The zero-order valence-corrected chi connectivity index (χ0v) is 17.8. The van der Waals surface area contributed by atoms with Crippen LogP contribution in [0.1, 0.15) is 77.7 Å². The predicted molar refractivity (Wildman–Crippen MR) is 115 cm³/mol. The maximum absolute atomic E-state index is 11.4. The molecule has 0 fully saturated rings. The summed E-state index contributed by atoms with van der Waals surface area (Å²) in [5.74, 6) is 0.986. The molecule has 2 nitrogen and oxygen atoms in total. The normalized spacial score (nSPS) is 14.7. The SMILES string of the molecule is CCCCC(CC)CCCCCSC(Cc1ccccc1)C(C)C(=O)O. The van der Waals surface area contributed by atoms with E-state index in [1.165, 1.54) is 56.9 Å². The summed E-state index contributed by atoms with van der Waals surface area (Å²) in [6.45, 7) is 6.44. The Morgan fingerprint density at radius 1 is 1.04 bits per heavy atom. The van der Waals surface area contributed by atoms with Gasteiger partial charge in [-0.3, -0.25) is 4.79 Å². The second-order valence-corrected chi connectivity index (χ2v) is 8.84. The van der Waals surface area contributed by atoms with Gasteiger partial charge in [-0.25, -0.2) is 0 Å². The van der Waals surface area contributed by atoms with Crippen molar-refractivity contribution in [2.24, 2.45) is 11.8 Å². The van der Waals surface area contributed by atoms with Crippen LogP contribution in [0.3, 0.4) is 0 Å². The number of carbonyl (C=O) groups is 1. The van der Waals surface area contributed by atoms with Crippen LogP contribution in [-0.2, 0) is 11.2 Å². The number of unbranched alkanes of at least 4 members (excludes halogenated alkanes) is 3. The molecule has 1 aromatic carbocycles. The van der Waals surface area contributed by atoms with Crippen LogP contribution in [0.2, 0.25) is 0 Å². The van der Waals surface area contributed by atoms with Gasteiger partial charge in [-0.2, -0.15) is 11.8 Å². The van der Waals surface area contributed by atoms with Crippen molar-refractivity contribution in [2.45, 2.75) is 83.8 Å². The summed E-state index contributed by atoms with van der Waals surface area (Å²) < 4.78 is 0. The lowest BCUT2D eigenvalue weighted by molar-refractivity contribution is -0.141. The highest BCUT2D eigenvalue weighted by Crippen LogP contribution is 2.26. The van der Waals surface area contributed by atoms with Gasteiger partial charge in [0.05, 0.1) is 5.92 Å². The van der Waals surface area contributed by atoms with Crippen molar-refractivity contribution in [3.05, 3.63) is 35.9 Å². The molecule has 0 amide bonds. The molecule has 0 saturated carbocycles. The van der Waals surface area contributed by atoms with Crippen LogP contribution in [0.4, 0.5) is 0 Å². The zero-order valence-electron chi connectivity index (χ0n) is 17.0. The number of carboxylic acids is 1. The van der Waals surface area contributed by atoms with Crippen molar-refractivity contribution < 1.29 is 9.90 Å². The van der Waals surface area contributed by atoms with Gasteiger partial charge in [0.2, 0.25) is 0 Å². The number of hydrogen-bond donors (Lipinski definition) is 1. The summed E-state index contributed by atoms with van der Waals surface area (Å²) >= 11 is 1.85. The van der Waals surface area contributed by atoms with Crippen LogP contribution < -0.4 is 0 Å². The minimum Gasteiger partial charge on any atom is -0.481 e. The second-order valence-electron chi connectivity index (χ2n) is 7.49. The van der Waals surface area contributed by atoms with E-state index in [0.717, 1.165) is 18.1 Å². The first kappa shape index (κ1) is 23.1. The fourth-order valence-electron chi connectivity index (χ4n) is 3.38. The monoisotopic (exact) mass is 378 g/mol. The van der Waals surface area contributed by atoms with Gasteiger partial charge in [0.15, 0.2) is 0 Å². The number of thioether (sulfide) groups is 1. The van der Waals surface area contributed by atoms with E-state index in [1.54, 1.807) is 0 Å². The summed E-state index contributed by atoms with van der Waals surface area (Å²) in [5.41, 5.74) is 1.24. The molecule has 0 aliphatic heterocycles. The minimum absolute atomic E-state index is 0.155. The van der Waals surface area contributed by atoms with Crippen molar-refractivity contribution in [3.8, 4) is 0 Å². The summed E-state index contributed by atoms with van der Waals surface area (Å²) in [4.78, 5) is 11.4. The third kappa shape index (κ3) is 9.66. The van der Waals surface area contributed by atoms with Crippen molar-refractivity contribution in [1.82, 2.24) is 0 Å². The summed E-state index contributed by atoms with van der Waals surface area (Å²) in [6.07, 6.45) is 11.4. The van der Waals surface area contributed by atoms with Gasteiger partial charge in [0.25, 0.3) is 0 Å². The lowest BCUT2D eigenvalue weighted by Crippen LogP contribution is -2.25. The van der Waals surface area contributed by atoms with Crippen LogP contribution >= 0.6 is 11.8 Å². The summed E-state index contributed by atoms with van der Waals surface area (Å²) in [7, 11) is 0. The van der Waals surface area contributed by atoms with E-state index in [1.807, 2.05) is 36.9 Å². The molecule has 1 N–H and O–H groups in total. The van der Waals surface area contributed by atoms with Crippen molar-refractivity contribution in [3.63, 3.8) is 0 Å². The van der Waals surface area contributed by atoms with E-state index in [9.17, 15) is 9.90 Å². The molecule has 26 heavy (non-hydrogen) atoms. The van der Waals surface area contributed by atoms with Crippen molar-refractivity contribution in [2.75, 3.05) is 5.75 Å². The minimum atomic E-state index is -0.680. The van der Waals surface area contributed by atoms with E-state index >= 15 is 0 Å². The maximum atomic E-state index is 11.4. The number of hydrogen-bond acceptors (Lipinski definition) is 2.